The Morgan fingerprint density at radius 1 is 1.05 bits per heavy atom. The van der Waals surface area contributed by atoms with E-state index in [2.05, 4.69) is 35.0 Å². The first-order valence-corrected chi connectivity index (χ1v) is 13.8. The predicted octanol–water partition coefficient (Wildman–Crippen LogP) is 5.17. The number of nitrogens with zero attached hydrogens (tertiary/aromatic N) is 1. The topological polar surface area (TPSA) is 118 Å². The van der Waals surface area contributed by atoms with Crippen LogP contribution < -0.4 is 25.5 Å². The molecule has 0 heterocycles. The van der Waals surface area contributed by atoms with Crippen LogP contribution in [0.15, 0.2) is 59.7 Å². The molecule has 3 aromatic rings. The van der Waals surface area contributed by atoms with Crippen LogP contribution in [0.1, 0.15) is 42.0 Å². The number of nitrogens with one attached hydrogen (secondary N) is 3. The van der Waals surface area contributed by atoms with Gasteiger partial charge in [0.05, 0.1) is 16.9 Å². The Bertz CT molecular complexity index is 1410. The molecule has 0 saturated carbocycles. The molecule has 0 aliphatic carbocycles. The predicted molar refractivity (Wildman–Crippen MR) is 164 cm³/mol. The molecule has 0 aliphatic rings. The van der Waals surface area contributed by atoms with Crippen LogP contribution in [0.2, 0.25) is 5.02 Å². The summed E-state index contributed by atoms with van der Waals surface area (Å²) in [6.07, 6.45) is 1.37. The number of carbonyl (C=O) groups excluding carboxylic acids is 3. The molecule has 3 N–H and O–H groups in total. The number of amides is 3. The van der Waals surface area contributed by atoms with Crippen molar-refractivity contribution in [2.24, 2.45) is 5.10 Å². The zero-order valence-corrected chi connectivity index (χ0v) is 25.4. The van der Waals surface area contributed by atoms with Gasteiger partial charge < -0.3 is 20.1 Å². The summed E-state index contributed by atoms with van der Waals surface area (Å²) < 4.78 is 11.8. The molecule has 40 heavy (non-hydrogen) atoms. The van der Waals surface area contributed by atoms with Gasteiger partial charge in [-0.2, -0.15) is 5.10 Å². The number of methoxy groups -OCH3 is 1. The SMILES string of the molecule is COc1cc(/C=N\NC(=O)C(=O)NCc2ccc(C(C)C)cc2)cc(I)c1OCC(=O)Nc1cc(Cl)ccc1C. The second-order valence-electron chi connectivity index (χ2n) is 9.11. The van der Waals surface area contributed by atoms with Crippen LogP contribution in [0.5, 0.6) is 11.5 Å². The lowest BCUT2D eigenvalue weighted by atomic mass is 10.0. The van der Waals surface area contributed by atoms with Crippen LogP contribution >= 0.6 is 34.2 Å². The summed E-state index contributed by atoms with van der Waals surface area (Å²) in [6, 6.07) is 16.4. The Labute approximate surface area is 251 Å². The third kappa shape index (κ3) is 8.95. The number of hydrazone groups is 1. The molecular formula is C29H30ClIN4O5. The molecular weight excluding hydrogens is 647 g/mol. The van der Waals surface area contributed by atoms with Gasteiger partial charge in [0.2, 0.25) is 0 Å². The largest absolute Gasteiger partial charge is 0.493 e. The van der Waals surface area contributed by atoms with E-state index in [-0.39, 0.29) is 19.1 Å². The van der Waals surface area contributed by atoms with Crippen molar-refractivity contribution in [3.63, 3.8) is 0 Å². The fraction of sp³-hybridized carbons (Fsp3) is 0.241. The van der Waals surface area contributed by atoms with Crippen LogP contribution in [-0.4, -0.2) is 37.7 Å². The Balaban J connectivity index is 1.54. The molecule has 9 nitrogen and oxygen atoms in total. The summed E-state index contributed by atoms with van der Waals surface area (Å²) in [6.45, 7) is 6.04. The molecule has 0 saturated heterocycles. The molecule has 0 atom stereocenters. The van der Waals surface area contributed by atoms with E-state index in [0.717, 1.165) is 11.1 Å². The quantitative estimate of drug-likeness (QED) is 0.119. The van der Waals surface area contributed by atoms with E-state index >= 15 is 0 Å². The lowest BCUT2D eigenvalue weighted by Gasteiger charge is -2.14. The Hall–Kier alpha value is -3.64. The zero-order valence-electron chi connectivity index (χ0n) is 22.5. The average molecular weight is 677 g/mol. The third-order valence-electron chi connectivity index (χ3n) is 5.76. The Kier molecular flexibility index (Phi) is 11.3. The third-order valence-corrected chi connectivity index (χ3v) is 6.79. The van der Waals surface area contributed by atoms with Crippen molar-refractivity contribution in [2.45, 2.75) is 33.2 Å². The van der Waals surface area contributed by atoms with E-state index < -0.39 is 11.8 Å². The fourth-order valence-electron chi connectivity index (χ4n) is 3.51. The maximum atomic E-state index is 12.4. The van der Waals surface area contributed by atoms with Gasteiger partial charge in [-0.1, -0.05) is 55.8 Å². The number of benzene rings is 3. The highest BCUT2D eigenvalue weighted by atomic mass is 127. The van der Waals surface area contributed by atoms with Crippen molar-refractivity contribution in [1.82, 2.24) is 10.7 Å². The maximum Gasteiger partial charge on any atom is 0.329 e. The number of hydrogen-bond acceptors (Lipinski definition) is 6. The summed E-state index contributed by atoms with van der Waals surface area (Å²) in [5.74, 6) is -0.890. The minimum absolute atomic E-state index is 0.224. The van der Waals surface area contributed by atoms with Crippen LogP contribution in [0, 0.1) is 10.5 Å². The monoisotopic (exact) mass is 676 g/mol. The summed E-state index contributed by atoms with van der Waals surface area (Å²) in [5, 5.41) is 9.73. The molecule has 3 amide bonds. The molecule has 3 aromatic carbocycles. The summed E-state index contributed by atoms with van der Waals surface area (Å²) in [7, 11) is 1.47. The van der Waals surface area contributed by atoms with E-state index in [1.54, 1.807) is 24.3 Å². The van der Waals surface area contributed by atoms with Gasteiger partial charge in [-0.15, -0.1) is 0 Å². The van der Waals surface area contributed by atoms with E-state index in [9.17, 15) is 14.4 Å². The lowest BCUT2D eigenvalue weighted by molar-refractivity contribution is -0.139. The smallest absolute Gasteiger partial charge is 0.329 e. The van der Waals surface area contributed by atoms with Crippen LogP contribution in [0.4, 0.5) is 5.69 Å². The van der Waals surface area contributed by atoms with Crippen LogP contribution in [0.3, 0.4) is 0 Å². The van der Waals surface area contributed by atoms with Crippen molar-refractivity contribution >= 4 is 63.8 Å². The lowest BCUT2D eigenvalue weighted by Crippen LogP contribution is -2.37. The standard InChI is InChI=1S/C29H30ClIN4O5/c1-17(2)21-8-6-19(7-9-21)14-32-28(37)29(38)35-33-15-20-11-23(31)27(25(12-20)39-4)40-16-26(36)34-24-13-22(30)10-5-18(24)3/h5-13,15,17H,14,16H2,1-4H3,(H,32,37)(H,34,36)(H,35,38)/b33-15-. The van der Waals surface area contributed by atoms with Gasteiger partial charge in [-0.3, -0.25) is 14.4 Å². The van der Waals surface area contributed by atoms with Crippen LogP contribution in [0.25, 0.3) is 0 Å². The van der Waals surface area contributed by atoms with Crippen molar-refractivity contribution in [3.05, 3.63) is 85.4 Å². The zero-order chi connectivity index (χ0) is 29.2. The highest BCUT2D eigenvalue weighted by Gasteiger charge is 2.15. The summed E-state index contributed by atoms with van der Waals surface area (Å²) in [5.41, 5.74) is 6.35. The highest BCUT2D eigenvalue weighted by molar-refractivity contribution is 14.1. The van der Waals surface area contributed by atoms with E-state index in [4.69, 9.17) is 21.1 Å². The molecule has 0 spiro atoms. The minimum atomic E-state index is -0.891. The first-order valence-electron chi connectivity index (χ1n) is 12.3. The number of hydrogen-bond donors (Lipinski definition) is 3. The van der Waals surface area contributed by atoms with E-state index in [0.29, 0.717) is 37.3 Å². The van der Waals surface area contributed by atoms with Gasteiger partial charge in [0.1, 0.15) is 0 Å². The molecule has 0 unspecified atom stereocenters. The number of carbonyl (C=O) groups is 3. The molecule has 0 aromatic heterocycles. The fourth-order valence-corrected chi connectivity index (χ4v) is 4.46. The van der Waals surface area contributed by atoms with Crippen molar-refractivity contribution in [2.75, 3.05) is 19.0 Å². The van der Waals surface area contributed by atoms with Gasteiger partial charge in [0.15, 0.2) is 18.1 Å². The Morgan fingerprint density at radius 2 is 1.77 bits per heavy atom. The summed E-state index contributed by atoms with van der Waals surface area (Å²) in [4.78, 5) is 36.7. The second kappa shape index (κ2) is 14.7. The minimum Gasteiger partial charge on any atom is -0.493 e. The number of halogens is 2. The number of rotatable bonds is 10. The number of ether oxygens (including phenoxy) is 2. The molecule has 3 rings (SSSR count). The first kappa shape index (κ1) is 30.9. The summed E-state index contributed by atoms with van der Waals surface area (Å²) >= 11 is 8.06. The molecule has 0 aliphatic heterocycles. The maximum absolute atomic E-state index is 12.4. The molecule has 0 bridgehead atoms. The molecule has 210 valence electrons. The first-order chi connectivity index (χ1) is 19.1. The average Bonchev–Trinajstić information content (AvgIpc) is 2.92. The molecule has 0 radical (unpaired) electrons. The van der Waals surface area contributed by atoms with Crippen molar-refractivity contribution in [3.8, 4) is 11.5 Å². The van der Waals surface area contributed by atoms with Crippen LogP contribution in [-0.2, 0) is 20.9 Å². The number of anilines is 1. The molecule has 0 fully saturated rings. The van der Waals surface area contributed by atoms with Gasteiger partial charge in [-0.25, -0.2) is 5.43 Å². The van der Waals surface area contributed by atoms with Crippen molar-refractivity contribution in [1.29, 1.82) is 0 Å². The Morgan fingerprint density at radius 3 is 2.45 bits per heavy atom. The highest BCUT2D eigenvalue weighted by Crippen LogP contribution is 2.33. The number of aryl methyl sites for hydroxylation is 1. The second-order valence-corrected chi connectivity index (χ2v) is 10.7. The molecule has 11 heteroatoms. The van der Waals surface area contributed by atoms with E-state index in [1.165, 1.54) is 18.9 Å². The normalized spacial score (nSPS) is 10.9. The van der Waals surface area contributed by atoms with E-state index in [1.807, 2.05) is 59.8 Å². The van der Waals surface area contributed by atoms with Gasteiger partial charge in [-0.05, 0) is 82.0 Å². The van der Waals surface area contributed by atoms with Gasteiger partial charge in [0.25, 0.3) is 5.91 Å². The van der Waals surface area contributed by atoms with Gasteiger partial charge >= 0.3 is 11.8 Å². The van der Waals surface area contributed by atoms with Gasteiger partial charge in [0, 0.05) is 17.3 Å². The van der Waals surface area contributed by atoms with Crippen molar-refractivity contribution < 1.29 is 23.9 Å².